The first-order valence-electron chi connectivity index (χ1n) is 9.39. The molecule has 6 heteroatoms. The first-order chi connectivity index (χ1) is 12.1. The van der Waals surface area contributed by atoms with Crippen LogP contribution in [-0.2, 0) is 19.0 Å². The first kappa shape index (κ1) is 22.1. The highest BCUT2D eigenvalue weighted by molar-refractivity contribution is 5.68. The molecule has 1 aliphatic heterocycles. The zero-order chi connectivity index (χ0) is 18.5. The van der Waals surface area contributed by atoms with Gasteiger partial charge in [0.2, 0.25) is 0 Å². The Kier molecular flexibility index (Phi) is 11.7. The monoisotopic (exact) mass is 358 g/mol. The number of hydrogen-bond acceptors (Lipinski definition) is 6. The number of esters is 1. The Balaban J connectivity index is 2.25. The van der Waals surface area contributed by atoms with Crippen molar-refractivity contribution in [3.63, 3.8) is 0 Å². The third-order valence-corrected chi connectivity index (χ3v) is 4.52. The van der Waals surface area contributed by atoms with E-state index in [0.717, 1.165) is 32.1 Å². The number of methoxy groups -OCH3 is 1. The van der Waals surface area contributed by atoms with E-state index < -0.39 is 12.2 Å². The van der Waals surface area contributed by atoms with Gasteiger partial charge in [0.1, 0.15) is 0 Å². The van der Waals surface area contributed by atoms with Crippen molar-refractivity contribution in [1.29, 1.82) is 0 Å². The molecular formula is C19H34O6. The highest BCUT2D eigenvalue weighted by atomic mass is 16.5. The summed E-state index contributed by atoms with van der Waals surface area (Å²) < 4.78 is 15.5. The molecule has 0 radical (unpaired) electrons. The molecule has 0 amide bonds. The van der Waals surface area contributed by atoms with Crippen LogP contribution in [0.2, 0.25) is 0 Å². The lowest BCUT2D eigenvalue weighted by Crippen LogP contribution is -2.22. The molecule has 2 N–H and O–H groups in total. The molecule has 0 aromatic rings. The second-order valence-electron chi connectivity index (χ2n) is 6.48. The molecule has 0 saturated carbocycles. The van der Waals surface area contributed by atoms with Crippen molar-refractivity contribution < 1.29 is 29.2 Å². The smallest absolute Gasteiger partial charge is 0.305 e. The fourth-order valence-electron chi connectivity index (χ4n) is 2.99. The van der Waals surface area contributed by atoms with Crippen molar-refractivity contribution >= 4 is 5.97 Å². The molecule has 1 rings (SSSR count). The van der Waals surface area contributed by atoms with Gasteiger partial charge in [0.15, 0.2) is 0 Å². The van der Waals surface area contributed by atoms with Crippen LogP contribution in [0.15, 0.2) is 12.2 Å². The van der Waals surface area contributed by atoms with Gasteiger partial charge >= 0.3 is 5.97 Å². The van der Waals surface area contributed by atoms with Gasteiger partial charge in [0, 0.05) is 32.0 Å². The van der Waals surface area contributed by atoms with Gasteiger partial charge in [-0.1, -0.05) is 31.4 Å². The van der Waals surface area contributed by atoms with Crippen LogP contribution in [0, 0.1) is 5.92 Å². The number of hydrogen-bond donors (Lipinski definition) is 2. The second-order valence-corrected chi connectivity index (χ2v) is 6.48. The summed E-state index contributed by atoms with van der Waals surface area (Å²) in [6, 6.07) is 0. The van der Waals surface area contributed by atoms with Gasteiger partial charge in [0.25, 0.3) is 0 Å². The Bertz CT molecular complexity index is 384. The lowest BCUT2D eigenvalue weighted by Gasteiger charge is -2.17. The summed E-state index contributed by atoms with van der Waals surface area (Å²) in [6.07, 6.45) is 8.30. The van der Waals surface area contributed by atoms with Crippen LogP contribution in [0.1, 0.15) is 51.9 Å². The molecule has 4 atom stereocenters. The van der Waals surface area contributed by atoms with Crippen molar-refractivity contribution in [3.05, 3.63) is 12.2 Å². The Labute approximate surface area is 151 Å². The van der Waals surface area contributed by atoms with E-state index in [1.807, 2.05) is 13.0 Å². The Morgan fingerprint density at radius 2 is 2.08 bits per heavy atom. The molecule has 0 aliphatic carbocycles. The SMILES string of the molecule is CCOCCC(O)C=C[C@H]1[C@H](CCCCCCC(=O)OC)OC[C@@H]1O. The largest absolute Gasteiger partial charge is 0.469 e. The zero-order valence-electron chi connectivity index (χ0n) is 15.6. The summed E-state index contributed by atoms with van der Waals surface area (Å²) in [7, 11) is 1.41. The standard InChI is InChI=1S/C19H34O6/c1-3-24-13-12-15(20)10-11-16-17(21)14-25-18(16)8-6-4-5-7-9-19(22)23-2/h10-11,15-18,20-21H,3-9,12-14H2,1-2H3/t15?,16-,17+,18+/m1/s1. The van der Waals surface area contributed by atoms with Gasteiger partial charge in [-0.2, -0.15) is 0 Å². The van der Waals surface area contributed by atoms with Crippen molar-refractivity contribution in [3.8, 4) is 0 Å². The summed E-state index contributed by atoms with van der Waals surface area (Å²) in [5.41, 5.74) is 0. The molecule has 1 unspecified atom stereocenters. The molecule has 146 valence electrons. The Morgan fingerprint density at radius 1 is 1.32 bits per heavy atom. The van der Waals surface area contributed by atoms with Gasteiger partial charge in [-0.15, -0.1) is 0 Å². The summed E-state index contributed by atoms with van der Waals surface area (Å²) in [6.45, 7) is 3.44. The van der Waals surface area contributed by atoms with Crippen molar-refractivity contribution in [1.82, 2.24) is 0 Å². The Morgan fingerprint density at radius 3 is 2.80 bits per heavy atom. The fourth-order valence-corrected chi connectivity index (χ4v) is 2.99. The third kappa shape index (κ3) is 9.35. The maximum Gasteiger partial charge on any atom is 0.305 e. The van der Waals surface area contributed by atoms with Crippen LogP contribution in [-0.4, -0.2) is 61.4 Å². The van der Waals surface area contributed by atoms with Crippen LogP contribution in [0.4, 0.5) is 0 Å². The van der Waals surface area contributed by atoms with Crippen LogP contribution >= 0.6 is 0 Å². The number of unbranched alkanes of at least 4 members (excludes halogenated alkanes) is 3. The quantitative estimate of drug-likeness (QED) is 0.298. The topological polar surface area (TPSA) is 85.2 Å². The van der Waals surface area contributed by atoms with Crippen LogP contribution in [0.25, 0.3) is 0 Å². The summed E-state index contributed by atoms with van der Waals surface area (Å²) in [4.78, 5) is 11.0. The highest BCUT2D eigenvalue weighted by Gasteiger charge is 2.33. The summed E-state index contributed by atoms with van der Waals surface area (Å²) in [5.74, 6) is -0.229. The molecule has 0 spiro atoms. The van der Waals surface area contributed by atoms with Gasteiger partial charge in [-0.25, -0.2) is 0 Å². The molecule has 1 saturated heterocycles. The van der Waals surface area contributed by atoms with E-state index in [1.54, 1.807) is 6.08 Å². The molecule has 1 fully saturated rings. The molecule has 6 nitrogen and oxygen atoms in total. The molecule has 0 bridgehead atoms. The minimum absolute atomic E-state index is 0.00838. The lowest BCUT2D eigenvalue weighted by molar-refractivity contribution is -0.140. The molecule has 25 heavy (non-hydrogen) atoms. The van der Waals surface area contributed by atoms with E-state index in [4.69, 9.17) is 9.47 Å². The van der Waals surface area contributed by atoms with Crippen LogP contribution in [0.5, 0.6) is 0 Å². The zero-order valence-corrected chi connectivity index (χ0v) is 15.6. The number of aliphatic hydroxyl groups is 2. The summed E-state index contributed by atoms with van der Waals surface area (Å²) in [5, 5.41) is 20.0. The maximum absolute atomic E-state index is 11.0. The number of rotatable bonds is 13. The molecular weight excluding hydrogens is 324 g/mol. The van der Waals surface area contributed by atoms with Gasteiger partial charge in [-0.3, -0.25) is 4.79 Å². The van der Waals surface area contributed by atoms with Crippen molar-refractivity contribution in [2.75, 3.05) is 26.9 Å². The predicted octanol–water partition coefficient (Wildman–Crippen LogP) is 2.22. The normalized spacial score (nSPS) is 24.7. The summed E-state index contributed by atoms with van der Waals surface area (Å²) >= 11 is 0. The number of aliphatic hydroxyl groups excluding tert-OH is 2. The van der Waals surface area contributed by atoms with E-state index in [9.17, 15) is 15.0 Å². The highest BCUT2D eigenvalue weighted by Crippen LogP contribution is 2.27. The average Bonchev–Trinajstić information content (AvgIpc) is 2.96. The van der Waals surface area contributed by atoms with E-state index in [0.29, 0.717) is 32.7 Å². The van der Waals surface area contributed by atoms with Gasteiger partial charge in [-0.05, 0) is 19.8 Å². The number of ether oxygens (including phenoxy) is 3. The van der Waals surface area contributed by atoms with Crippen molar-refractivity contribution in [2.24, 2.45) is 5.92 Å². The lowest BCUT2D eigenvalue weighted by atomic mass is 9.93. The van der Waals surface area contributed by atoms with E-state index in [2.05, 4.69) is 4.74 Å². The van der Waals surface area contributed by atoms with Crippen LogP contribution < -0.4 is 0 Å². The number of carbonyl (C=O) groups excluding carboxylic acids is 1. The molecule has 1 aliphatic rings. The predicted molar refractivity (Wildman–Crippen MR) is 95.2 cm³/mol. The first-order valence-corrected chi connectivity index (χ1v) is 9.39. The van der Waals surface area contributed by atoms with E-state index >= 15 is 0 Å². The van der Waals surface area contributed by atoms with Gasteiger partial charge in [0.05, 0.1) is 32.0 Å². The Hall–Kier alpha value is -0.950. The maximum atomic E-state index is 11.0. The fraction of sp³-hybridized carbons (Fsp3) is 0.842. The molecule has 0 aromatic carbocycles. The third-order valence-electron chi connectivity index (χ3n) is 4.52. The number of carbonyl (C=O) groups is 1. The average molecular weight is 358 g/mol. The minimum Gasteiger partial charge on any atom is -0.469 e. The van der Waals surface area contributed by atoms with Crippen LogP contribution in [0.3, 0.4) is 0 Å². The van der Waals surface area contributed by atoms with E-state index in [1.165, 1.54) is 7.11 Å². The van der Waals surface area contributed by atoms with Crippen molar-refractivity contribution in [2.45, 2.75) is 70.2 Å². The van der Waals surface area contributed by atoms with Gasteiger partial charge < -0.3 is 24.4 Å². The molecule has 1 heterocycles. The molecule has 0 aromatic heterocycles. The minimum atomic E-state index is -0.557. The van der Waals surface area contributed by atoms with E-state index in [-0.39, 0.29) is 18.0 Å². The second kappa shape index (κ2) is 13.3.